The first-order valence-corrected chi connectivity index (χ1v) is 16.9. The number of aromatic nitrogens is 1. The molecule has 3 heteroatoms. The smallest absolute Gasteiger partial charge is 0.153 e. The molecule has 0 fully saturated rings. The van der Waals surface area contributed by atoms with E-state index in [0.29, 0.717) is 0 Å². The van der Waals surface area contributed by atoms with Gasteiger partial charge in [-0.15, -0.1) is 0 Å². The van der Waals surface area contributed by atoms with Crippen molar-refractivity contribution in [3.8, 4) is 22.3 Å². The second-order valence-corrected chi connectivity index (χ2v) is 12.8. The molecule has 234 valence electrons. The van der Waals surface area contributed by atoms with Crippen LogP contribution in [0, 0.1) is 0 Å². The normalized spacial score (nSPS) is 11.6. The minimum atomic E-state index is 0.802. The van der Waals surface area contributed by atoms with Gasteiger partial charge in [0.1, 0.15) is 11.1 Å². The van der Waals surface area contributed by atoms with Gasteiger partial charge in [-0.3, -0.25) is 4.98 Å². The van der Waals surface area contributed by atoms with Gasteiger partial charge in [0.2, 0.25) is 0 Å². The molecule has 0 aliphatic rings. The highest BCUT2D eigenvalue weighted by Gasteiger charge is 2.18. The zero-order valence-corrected chi connectivity index (χ0v) is 27.1. The predicted octanol–water partition coefficient (Wildman–Crippen LogP) is 13.2. The number of hydrogen-bond donors (Lipinski definition) is 0. The van der Waals surface area contributed by atoms with Crippen LogP contribution in [0.4, 0.5) is 17.1 Å². The molecule has 10 rings (SSSR count). The molecule has 0 aliphatic carbocycles. The van der Waals surface area contributed by atoms with Gasteiger partial charge in [-0.1, -0.05) is 109 Å². The van der Waals surface area contributed by atoms with Crippen LogP contribution in [0.5, 0.6) is 0 Å². The molecule has 0 unspecified atom stereocenters. The van der Waals surface area contributed by atoms with Crippen LogP contribution in [0.3, 0.4) is 0 Å². The molecule has 0 radical (unpaired) electrons. The Hall–Kier alpha value is -6.71. The summed E-state index contributed by atoms with van der Waals surface area (Å²) >= 11 is 0. The first-order chi connectivity index (χ1) is 24.8. The zero-order chi connectivity index (χ0) is 33.0. The quantitative estimate of drug-likeness (QED) is 0.188. The third-order valence-corrected chi connectivity index (χ3v) is 9.84. The van der Waals surface area contributed by atoms with Gasteiger partial charge in [-0.05, 0) is 116 Å². The van der Waals surface area contributed by atoms with Gasteiger partial charge in [-0.25, -0.2) is 0 Å². The van der Waals surface area contributed by atoms with Crippen LogP contribution < -0.4 is 4.90 Å². The fraction of sp³-hybridized carbons (Fsp3) is 0. The summed E-state index contributed by atoms with van der Waals surface area (Å²) in [5.41, 5.74) is 10.5. The number of benzene rings is 8. The molecule has 2 heterocycles. The Kier molecular flexibility index (Phi) is 6.49. The number of furan rings is 1. The van der Waals surface area contributed by atoms with Gasteiger partial charge in [0.05, 0.1) is 0 Å². The largest absolute Gasteiger partial charge is 0.454 e. The van der Waals surface area contributed by atoms with Crippen molar-refractivity contribution >= 4 is 71.4 Å². The van der Waals surface area contributed by atoms with E-state index < -0.39 is 0 Å². The summed E-state index contributed by atoms with van der Waals surface area (Å²) in [5, 5.41) is 8.16. The molecule has 50 heavy (non-hydrogen) atoms. The highest BCUT2D eigenvalue weighted by molar-refractivity contribution is 6.14. The zero-order valence-electron chi connectivity index (χ0n) is 27.1. The Morgan fingerprint density at radius 3 is 1.98 bits per heavy atom. The van der Waals surface area contributed by atoms with Gasteiger partial charge in [0.25, 0.3) is 0 Å². The fourth-order valence-corrected chi connectivity index (χ4v) is 7.44. The van der Waals surface area contributed by atoms with E-state index in [2.05, 4.69) is 174 Å². The average molecular weight is 639 g/mol. The Morgan fingerprint density at radius 1 is 0.400 bits per heavy atom. The summed E-state index contributed by atoms with van der Waals surface area (Å²) in [4.78, 5) is 6.97. The molecule has 0 N–H and O–H groups in total. The Balaban J connectivity index is 1.16. The highest BCUT2D eigenvalue weighted by Crippen LogP contribution is 2.42. The monoisotopic (exact) mass is 638 g/mol. The molecule has 0 saturated heterocycles. The molecule has 0 aliphatic heterocycles. The third kappa shape index (κ3) is 4.71. The van der Waals surface area contributed by atoms with Crippen molar-refractivity contribution < 1.29 is 4.42 Å². The number of anilines is 3. The van der Waals surface area contributed by atoms with E-state index in [1.807, 2.05) is 18.3 Å². The van der Waals surface area contributed by atoms with Crippen LogP contribution in [0.15, 0.2) is 187 Å². The van der Waals surface area contributed by atoms with Crippen molar-refractivity contribution in [2.24, 2.45) is 0 Å². The molecule has 10 aromatic rings. The van der Waals surface area contributed by atoms with Crippen molar-refractivity contribution in [2.45, 2.75) is 0 Å². The Bertz CT molecular complexity index is 2900. The van der Waals surface area contributed by atoms with E-state index in [4.69, 9.17) is 4.42 Å². The minimum Gasteiger partial charge on any atom is -0.454 e. The van der Waals surface area contributed by atoms with Gasteiger partial charge in [0.15, 0.2) is 5.58 Å². The SMILES string of the molecule is c1cc(-c2ccc3ccccc3c2)cc(N(c2cccc(-c3cccc4ccccc34)c2)c2ccc3c(ccc4c5ncccc5oc34)c2)c1. The number of hydrogen-bond acceptors (Lipinski definition) is 3. The van der Waals surface area contributed by atoms with E-state index in [-0.39, 0.29) is 0 Å². The lowest BCUT2D eigenvalue weighted by atomic mass is 9.97. The molecule has 0 bridgehead atoms. The molecular formula is C47H30N2O. The molecular weight excluding hydrogens is 609 g/mol. The summed E-state index contributed by atoms with van der Waals surface area (Å²) in [6.07, 6.45) is 1.82. The van der Waals surface area contributed by atoms with Crippen molar-refractivity contribution in [3.05, 3.63) is 182 Å². The van der Waals surface area contributed by atoms with E-state index in [0.717, 1.165) is 49.9 Å². The van der Waals surface area contributed by atoms with Crippen LogP contribution >= 0.6 is 0 Å². The second kappa shape index (κ2) is 11.5. The lowest BCUT2D eigenvalue weighted by Gasteiger charge is -2.27. The molecule has 0 atom stereocenters. The maximum absolute atomic E-state index is 6.35. The maximum Gasteiger partial charge on any atom is 0.153 e. The molecule has 2 aromatic heterocycles. The first-order valence-electron chi connectivity index (χ1n) is 16.9. The lowest BCUT2D eigenvalue weighted by molar-refractivity contribution is 0.672. The molecule has 0 saturated carbocycles. The predicted molar refractivity (Wildman–Crippen MR) is 210 cm³/mol. The molecule has 3 nitrogen and oxygen atoms in total. The summed E-state index contributed by atoms with van der Waals surface area (Å²) in [6.45, 7) is 0. The molecule has 0 amide bonds. The highest BCUT2D eigenvalue weighted by atomic mass is 16.3. The lowest BCUT2D eigenvalue weighted by Crippen LogP contribution is -2.10. The minimum absolute atomic E-state index is 0.802. The Morgan fingerprint density at radius 2 is 1.08 bits per heavy atom. The number of rotatable bonds is 5. The summed E-state index contributed by atoms with van der Waals surface area (Å²) in [6, 6.07) is 63.0. The van der Waals surface area contributed by atoms with Crippen LogP contribution in [0.1, 0.15) is 0 Å². The fourth-order valence-electron chi connectivity index (χ4n) is 7.44. The van der Waals surface area contributed by atoms with Gasteiger partial charge in [-0.2, -0.15) is 0 Å². The number of fused-ring (bicyclic) bond motifs is 7. The third-order valence-electron chi connectivity index (χ3n) is 9.84. The van der Waals surface area contributed by atoms with Gasteiger partial charge in [0, 0.05) is 34.0 Å². The van der Waals surface area contributed by atoms with E-state index in [1.165, 1.54) is 43.8 Å². The van der Waals surface area contributed by atoms with Crippen LogP contribution in [0.2, 0.25) is 0 Å². The van der Waals surface area contributed by atoms with Crippen LogP contribution in [-0.4, -0.2) is 4.98 Å². The van der Waals surface area contributed by atoms with E-state index in [1.54, 1.807) is 0 Å². The van der Waals surface area contributed by atoms with Crippen LogP contribution in [0.25, 0.3) is 76.6 Å². The van der Waals surface area contributed by atoms with Crippen molar-refractivity contribution in [3.63, 3.8) is 0 Å². The summed E-state index contributed by atoms with van der Waals surface area (Å²) in [7, 11) is 0. The molecule has 0 spiro atoms. The second-order valence-electron chi connectivity index (χ2n) is 12.8. The van der Waals surface area contributed by atoms with Crippen LogP contribution in [-0.2, 0) is 0 Å². The average Bonchev–Trinajstić information content (AvgIpc) is 3.57. The topological polar surface area (TPSA) is 29.3 Å². The number of pyridine rings is 1. The number of nitrogens with zero attached hydrogens (tertiary/aromatic N) is 2. The standard InChI is InChI=1S/C47H30N2O/c1-2-11-33-27-35(21-20-31(33)9-1)34-13-5-15-38(28-34)49(39-16-6-14-36(29-39)42-18-7-12-32-10-3-4-17-41(32)42)40-23-25-43-37(30-40)22-24-44-46-45(50-47(43)44)19-8-26-48-46/h1-30H. The summed E-state index contributed by atoms with van der Waals surface area (Å²) in [5.74, 6) is 0. The molecule has 8 aromatic carbocycles. The van der Waals surface area contributed by atoms with E-state index in [9.17, 15) is 0 Å². The maximum atomic E-state index is 6.35. The Labute approximate surface area is 289 Å². The van der Waals surface area contributed by atoms with Crippen molar-refractivity contribution in [1.82, 2.24) is 4.98 Å². The first kappa shape index (κ1) is 28.3. The van der Waals surface area contributed by atoms with Gasteiger partial charge < -0.3 is 9.32 Å². The van der Waals surface area contributed by atoms with Gasteiger partial charge >= 0.3 is 0 Å². The summed E-state index contributed by atoms with van der Waals surface area (Å²) < 4.78 is 6.35. The van der Waals surface area contributed by atoms with Crippen molar-refractivity contribution in [2.75, 3.05) is 4.90 Å². The van der Waals surface area contributed by atoms with Crippen molar-refractivity contribution in [1.29, 1.82) is 0 Å². The van der Waals surface area contributed by atoms with E-state index >= 15 is 0 Å².